The van der Waals surface area contributed by atoms with Gasteiger partial charge in [0.2, 0.25) is 0 Å². The van der Waals surface area contributed by atoms with E-state index >= 15 is 0 Å². The average Bonchev–Trinajstić information content (AvgIpc) is 2.20. The number of amides is 2. The molecule has 0 aliphatic carbocycles. The minimum Gasteiger partial charge on any atom is -0.441 e. The van der Waals surface area contributed by atoms with E-state index in [1.165, 1.54) is 4.90 Å². The summed E-state index contributed by atoms with van der Waals surface area (Å²) in [5.41, 5.74) is -0.262. The smallest absolute Gasteiger partial charge is 0.322 e. The molecule has 0 spiro atoms. The molecule has 16 heavy (non-hydrogen) atoms. The fourth-order valence-electron chi connectivity index (χ4n) is 2.10. The second-order valence-corrected chi connectivity index (χ2v) is 4.93. The molecule has 1 fully saturated rings. The van der Waals surface area contributed by atoms with Crippen LogP contribution >= 0.6 is 0 Å². The van der Waals surface area contributed by atoms with Gasteiger partial charge in [0, 0.05) is 32.5 Å². The van der Waals surface area contributed by atoms with Crippen LogP contribution in [0.4, 0.5) is 4.79 Å². The van der Waals surface area contributed by atoms with Crippen molar-refractivity contribution in [1.29, 1.82) is 0 Å². The Bertz CT molecular complexity index is 302. The predicted octanol–water partition coefficient (Wildman–Crippen LogP) is 1.29. The summed E-state index contributed by atoms with van der Waals surface area (Å²) < 4.78 is 5.33. The normalized spacial score (nSPS) is 24.6. The van der Waals surface area contributed by atoms with E-state index in [4.69, 9.17) is 4.74 Å². The molecule has 2 amide bonds. The Balaban J connectivity index is 2.86. The van der Waals surface area contributed by atoms with Crippen LogP contribution in [-0.4, -0.2) is 48.7 Å². The number of ether oxygens (including phenoxy) is 1. The predicted molar refractivity (Wildman–Crippen MR) is 59.7 cm³/mol. The molecular formula is C11H20N2O3. The van der Waals surface area contributed by atoms with Crippen LogP contribution in [0.15, 0.2) is 0 Å². The van der Waals surface area contributed by atoms with Crippen molar-refractivity contribution < 1.29 is 14.3 Å². The lowest BCUT2D eigenvalue weighted by Gasteiger charge is -2.47. The Morgan fingerprint density at radius 2 is 2.06 bits per heavy atom. The first-order valence-corrected chi connectivity index (χ1v) is 5.47. The first-order chi connectivity index (χ1) is 7.29. The first-order valence-electron chi connectivity index (χ1n) is 5.47. The zero-order chi connectivity index (χ0) is 12.5. The summed E-state index contributed by atoms with van der Waals surface area (Å²) in [5, 5.41) is 0. The van der Waals surface area contributed by atoms with E-state index in [1.807, 2.05) is 13.8 Å². The summed E-state index contributed by atoms with van der Waals surface area (Å²) in [5.74, 6) is -0.276. The van der Waals surface area contributed by atoms with Gasteiger partial charge in [0.15, 0.2) is 6.23 Å². The Morgan fingerprint density at radius 1 is 1.50 bits per heavy atom. The van der Waals surface area contributed by atoms with E-state index in [2.05, 4.69) is 0 Å². The molecule has 1 atom stereocenters. The van der Waals surface area contributed by atoms with Crippen LogP contribution in [0.1, 0.15) is 27.2 Å². The molecule has 0 aromatic rings. The SMILES string of the molecule is CCC(=O)OC1N(C)C(=O)N(C)CC1(C)C. The lowest BCUT2D eigenvalue weighted by atomic mass is 9.88. The van der Waals surface area contributed by atoms with Crippen molar-refractivity contribution in [2.24, 2.45) is 5.41 Å². The Hall–Kier alpha value is -1.26. The second kappa shape index (κ2) is 4.31. The molecule has 5 heteroatoms. The standard InChI is InChI=1S/C11H20N2O3/c1-6-8(14)16-9-11(2,3)7-12(4)10(15)13(9)5/h9H,6-7H2,1-5H3. The molecule has 0 saturated carbocycles. The summed E-state index contributed by atoms with van der Waals surface area (Å²) in [4.78, 5) is 26.2. The van der Waals surface area contributed by atoms with E-state index in [-0.39, 0.29) is 17.4 Å². The van der Waals surface area contributed by atoms with Crippen LogP contribution in [-0.2, 0) is 9.53 Å². The summed E-state index contributed by atoms with van der Waals surface area (Å²) in [7, 11) is 3.41. The molecular weight excluding hydrogens is 208 g/mol. The monoisotopic (exact) mass is 228 g/mol. The fourth-order valence-corrected chi connectivity index (χ4v) is 2.10. The molecule has 0 radical (unpaired) electrons. The van der Waals surface area contributed by atoms with Crippen molar-refractivity contribution in [2.75, 3.05) is 20.6 Å². The maximum Gasteiger partial charge on any atom is 0.322 e. The topological polar surface area (TPSA) is 49.9 Å². The molecule has 1 rings (SSSR count). The van der Waals surface area contributed by atoms with Gasteiger partial charge in [0.05, 0.1) is 0 Å². The van der Waals surface area contributed by atoms with Crippen LogP contribution in [0, 0.1) is 5.41 Å². The number of esters is 1. The molecule has 0 N–H and O–H groups in total. The Labute approximate surface area is 96.3 Å². The zero-order valence-electron chi connectivity index (χ0n) is 10.6. The highest BCUT2D eigenvalue weighted by Gasteiger charge is 2.44. The molecule has 0 bridgehead atoms. The van der Waals surface area contributed by atoms with Crippen LogP contribution in [0.2, 0.25) is 0 Å². The fraction of sp³-hybridized carbons (Fsp3) is 0.818. The second-order valence-electron chi connectivity index (χ2n) is 4.93. The molecule has 0 aromatic carbocycles. The minimum absolute atomic E-state index is 0.117. The van der Waals surface area contributed by atoms with Gasteiger partial charge in [-0.2, -0.15) is 0 Å². The van der Waals surface area contributed by atoms with Crippen molar-refractivity contribution in [1.82, 2.24) is 9.80 Å². The average molecular weight is 228 g/mol. The van der Waals surface area contributed by atoms with Gasteiger partial charge >= 0.3 is 12.0 Å². The van der Waals surface area contributed by atoms with Crippen LogP contribution in [0.3, 0.4) is 0 Å². The van der Waals surface area contributed by atoms with Gasteiger partial charge in [-0.1, -0.05) is 20.8 Å². The molecule has 1 unspecified atom stereocenters. The Morgan fingerprint density at radius 3 is 2.56 bits per heavy atom. The number of nitrogens with zero attached hydrogens (tertiary/aromatic N) is 2. The number of carbonyl (C=O) groups is 2. The van der Waals surface area contributed by atoms with Gasteiger partial charge in [-0.15, -0.1) is 0 Å². The van der Waals surface area contributed by atoms with E-state index < -0.39 is 6.23 Å². The van der Waals surface area contributed by atoms with E-state index in [0.717, 1.165) is 0 Å². The maximum absolute atomic E-state index is 11.8. The van der Waals surface area contributed by atoms with Gasteiger partial charge in [0.25, 0.3) is 0 Å². The van der Waals surface area contributed by atoms with Crippen molar-refractivity contribution >= 4 is 12.0 Å². The highest BCUT2D eigenvalue weighted by Crippen LogP contribution is 2.31. The van der Waals surface area contributed by atoms with Gasteiger partial charge in [-0.3, -0.25) is 9.69 Å². The van der Waals surface area contributed by atoms with Gasteiger partial charge in [-0.05, 0) is 0 Å². The number of rotatable bonds is 2. The summed E-state index contributed by atoms with van der Waals surface area (Å²) >= 11 is 0. The third-order valence-electron chi connectivity index (χ3n) is 2.82. The molecule has 5 nitrogen and oxygen atoms in total. The largest absolute Gasteiger partial charge is 0.441 e. The van der Waals surface area contributed by atoms with Crippen molar-refractivity contribution in [3.05, 3.63) is 0 Å². The van der Waals surface area contributed by atoms with Crippen molar-refractivity contribution in [3.8, 4) is 0 Å². The molecule has 1 aliphatic heterocycles. The molecule has 1 heterocycles. The van der Waals surface area contributed by atoms with Crippen molar-refractivity contribution in [2.45, 2.75) is 33.4 Å². The van der Waals surface area contributed by atoms with Crippen molar-refractivity contribution in [3.63, 3.8) is 0 Å². The summed E-state index contributed by atoms with van der Waals surface area (Å²) in [6.07, 6.45) is -0.159. The number of hydrogen-bond acceptors (Lipinski definition) is 3. The van der Waals surface area contributed by atoms with Crippen LogP contribution in [0.5, 0.6) is 0 Å². The molecule has 1 aliphatic rings. The quantitative estimate of drug-likeness (QED) is 0.669. The Kier molecular flexibility index (Phi) is 3.45. The molecule has 1 saturated heterocycles. The summed E-state index contributed by atoms with van der Waals surface area (Å²) in [6, 6.07) is -0.117. The molecule has 92 valence electrons. The van der Waals surface area contributed by atoms with E-state index in [9.17, 15) is 9.59 Å². The lowest BCUT2D eigenvalue weighted by Crippen LogP contribution is -2.61. The number of urea groups is 1. The number of hydrogen-bond donors (Lipinski definition) is 0. The third kappa shape index (κ3) is 2.28. The van der Waals surface area contributed by atoms with Crippen LogP contribution < -0.4 is 0 Å². The minimum atomic E-state index is -0.483. The van der Waals surface area contributed by atoms with E-state index in [0.29, 0.717) is 13.0 Å². The molecule has 0 aromatic heterocycles. The lowest BCUT2D eigenvalue weighted by molar-refractivity contribution is -0.172. The first kappa shape index (κ1) is 12.8. The van der Waals surface area contributed by atoms with Crippen LogP contribution in [0.25, 0.3) is 0 Å². The van der Waals surface area contributed by atoms with Gasteiger partial charge < -0.3 is 9.64 Å². The third-order valence-corrected chi connectivity index (χ3v) is 2.82. The summed E-state index contributed by atoms with van der Waals surface area (Å²) in [6.45, 7) is 6.30. The van der Waals surface area contributed by atoms with Gasteiger partial charge in [0.1, 0.15) is 0 Å². The zero-order valence-corrected chi connectivity index (χ0v) is 10.6. The van der Waals surface area contributed by atoms with E-state index in [1.54, 1.807) is 25.9 Å². The highest BCUT2D eigenvalue weighted by atomic mass is 16.6. The number of carbonyl (C=O) groups excluding carboxylic acids is 2. The van der Waals surface area contributed by atoms with Gasteiger partial charge in [-0.25, -0.2) is 4.79 Å². The maximum atomic E-state index is 11.8. The highest BCUT2D eigenvalue weighted by molar-refractivity contribution is 5.76.